The predicted octanol–water partition coefficient (Wildman–Crippen LogP) is 6.81. The fraction of sp³-hybridized carbons (Fsp3) is 0.148. The molecular weight excluding hydrogens is 450 g/mol. The van der Waals surface area contributed by atoms with E-state index in [4.69, 9.17) is 15.6 Å². The van der Waals surface area contributed by atoms with Crippen molar-refractivity contribution in [3.05, 3.63) is 120 Å². The Labute approximate surface area is 204 Å². The molecule has 6 heteroatoms. The first-order valence-corrected chi connectivity index (χ1v) is 12.7. The molecule has 4 nitrogen and oxygen atoms in total. The van der Waals surface area contributed by atoms with Crippen LogP contribution < -0.4 is 9.47 Å². The van der Waals surface area contributed by atoms with Gasteiger partial charge in [0.25, 0.3) is 0 Å². The lowest BCUT2D eigenvalue weighted by Gasteiger charge is -2.35. The van der Waals surface area contributed by atoms with Crippen molar-refractivity contribution >= 4 is 21.6 Å². The minimum Gasteiger partial charge on any atom is -0.497 e. The van der Waals surface area contributed by atoms with E-state index in [1.54, 1.807) is 37.3 Å². The lowest BCUT2D eigenvalue weighted by Crippen LogP contribution is -2.32. The van der Waals surface area contributed by atoms with E-state index < -0.39 is 5.60 Å². The second-order valence-corrected chi connectivity index (χ2v) is 9.33. The highest BCUT2D eigenvalue weighted by Crippen LogP contribution is 2.43. The van der Waals surface area contributed by atoms with E-state index in [-0.39, 0.29) is 0 Å². The SMILES string of the molecule is [3H]c1ccc(SSCOC(c2ccccc2)(c2ccc(OC)cc2)c2ccc(OC)cc2)nc1. The number of hydrogen-bond acceptors (Lipinski definition) is 6. The van der Waals surface area contributed by atoms with Crippen molar-refractivity contribution in [1.29, 1.82) is 0 Å². The number of ether oxygens (including phenoxy) is 3. The van der Waals surface area contributed by atoms with Crippen molar-refractivity contribution in [2.24, 2.45) is 0 Å². The first-order valence-electron chi connectivity index (χ1n) is 10.9. The summed E-state index contributed by atoms with van der Waals surface area (Å²) in [6.45, 7) is 0. The second kappa shape index (κ2) is 11.3. The van der Waals surface area contributed by atoms with Crippen LogP contribution >= 0.6 is 21.6 Å². The van der Waals surface area contributed by atoms with Gasteiger partial charge in [0.15, 0.2) is 0 Å². The third-order valence-electron chi connectivity index (χ3n) is 5.23. The zero-order chi connectivity index (χ0) is 23.8. The zero-order valence-electron chi connectivity index (χ0n) is 19.4. The number of rotatable bonds is 10. The Bertz CT molecular complexity index is 1120. The molecule has 0 unspecified atom stereocenters. The van der Waals surface area contributed by atoms with E-state index in [0.29, 0.717) is 12.0 Å². The van der Waals surface area contributed by atoms with E-state index in [9.17, 15) is 0 Å². The molecule has 4 rings (SSSR count). The maximum absolute atomic E-state index is 7.61. The highest BCUT2D eigenvalue weighted by Gasteiger charge is 2.37. The summed E-state index contributed by atoms with van der Waals surface area (Å²) in [5.74, 6) is 1.98. The highest BCUT2D eigenvalue weighted by atomic mass is 33.1. The molecule has 1 heterocycles. The maximum Gasteiger partial charge on any atom is 0.144 e. The van der Waals surface area contributed by atoms with Gasteiger partial charge in [0.1, 0.15) is 28.1 Å². The van der Waals surface area contributed by atoms with Crippen LogP contribution in [0.15, 0.2) is 108 Å². The molecule has 168 valence electrons. The Morgan fingerprint density at radius 2 is 1.33 bits per heavy atom. The molecule has 33 heavy (non-hydrogen) atoms. The van der Waals surface area contributed by atoms with E-state index in [0.717, 1.165) is 33.2 Å². The topological polar surface area (TPSA) is 40.6 Å². The number of benzene rings is 3. The van der Waals surface area contributed by atoms with Crippen LogP contribution in [0.5, 0.6) is 11.5 Å². The first-order chi connectivity index (χ1) is 16.7. The third kappa shape index (κ3) is 5.36. The number of pyridine rings is 1. The predicted molar refractivity (Wildman–Crippen MR) is 136 cm³/mol. The molecule has 3 aromatic carbocycles. The Morgan fingerprint density at radius 3 is 1.85 bits per heavy atom. The summed E-state index contributed by atoms with van der Waals surface area (Å²) in [5, 5.41) is 0.837. The number of hydrogen-bond donors (Lipinski definition) is 0. The number of methoxy groups -OCH3 is 2. The summed E-state index contributed by atoms with van der Waals surface area (Å²) in [4.78, 5) is 4.30. The first kappa shape index (κ1) is 21.9. The molecule has 1 aromatic heterocycles. The van der Waals surface area contributed by atoms with Crippen LogP contribution in [0.1, 0.15) is 18.1 Å². The Kier molecular flexibility index (Phi) is 7.48. The van der Waals surface area contributed by atoms with E-state index >= 15 is 0 Å². The Hall–Kier alpha value is -2.93. The molecule has 0 aliphatic carbocycles. The van der Waals surface area contributed by atoms with Gasteiger partial charge in [-0.3, -0.25) is 0 Å². The summed E-state index contributed by atoms with van der Waals surface area (Å²) in [6, 6.07) is 30.2. The molecule has 0 radical (unpaired) electrons. The lowest BCUT2D eigenvalue weighted by molar-refractivity contribution is 0.0472. The van der Waals surface area contributed by atoms with Gasteiger partial charge in [0.2, 0.25) is 0 Å². The van der Waals surface area contributed by atoms with Crippen molar-refractivity contribution in [2.75, 3.05) is 20.2 Å². The molecule has 0 saturated carbocycles. The minimum absolute atomic E-state index is 0.396. The fourth-order valence-electron chi connectivity index (χ4n) is 3.63. The Morgan fingerprint density at radius 1 is 0.758 bits per heavy atom. The van der Waals surface area contributed by atoms with Crippen LogP contribution in [0.4, 0.5) is 0 Å². The summed E-state index contributed by atoms with van der Waals surface area (Å²) < 4.78 is 25.2. The smallest absolute Gasteiger partial charge is 0.144 e. The van der Waals surface area contributed by atoms with Crippen LogP contribution in [0.3, 0.4) is 0 Å². The van der Waals surface area contributed by atoms with Gasteiger partial charge in [-0.15, -0.1) is 0 Å². The molecule has 0 bridgehead atoms. The van der Waals surface area contributed by atoms with Crippen LogP contribution in [-0.4, -0.2) is 25.1 Å². The molecule has 0 fully saturated rings. The average molecular weight is 478 g/mol. The molecule has 0 aliphatic heterocycles. The van der Waals surface area contributed by atoms with Crippen molar-refractivity contribution in [3.8, 4) is 11.5 Å². The fourth-order valence-corrected chi connectivity index (χ4v) is 5.19. The van der Waals surface area contributed by atoms with Gasteiger partial charge in [0.05, 0.1) is 15.6 Å². The second-order valence-electron chi connectivity index (χ2n) is 7.06. The van der Waals surface area contributed by atoms with Crippen LogP contribution in [-0.2, 0) is 10.3 Å². The van der Waals surface area contributed by atoms with Crippen molar-refractivity contribution in [3.63, 3.8) is 0 Å². The van der Waals surface area contributed by atoms with Crippen molar-refractivity contribution in [2.45, 2.75) is 10.6 Å². The van der Waals surface area contributed by atoms with Crippen LogP contribution in [0, 0.1) is 0 Å². The van der Waals surface area contributed by atoms with Gasteiger partial charge in [-0.05, 0) is 63.9 Å². The van der Waals surface area contributed by atoms with Gasteiger partial charge in [-0.25, -0.2) is 4.98 Å². The van der Waals surface area contributed by atoms with Crippen molar-refractivity contribution in [1.82, 2.24) is 4.98 Å². The van der Waals surface area contributed by atoms with E-state index in [1.807, 2.05) is 72.8 Å². The summed E-state index contributed by atoms with van der Waals surface area (Å²) >= 11 is 0. The largest absolute Gasteiger partial charge is 0.497 e. The van der Waals surface area contributed by atoms with Gasteiger partial charge in [-0.1, -0.05) is 71.5 Å². The van der Waals surface area contributed by atoms with Crippen molar-refractivity contribution < 1.29 is 15.6 Å². The quantitative estimate of drug-likeness (QED) is 0.108. The summed E-state index contributed by atoms with van der Waals surface area (Å²) in [6.07, 6.45) is 1.55. The molecule has 0 aliphatic rings. The van der Waals surface area contributed by atoms with E-state index in [2.05, 4.69) is 17.1 Å². The van der Waals surface area contributed by atoms with E-state index in [1.165, 1.54) is 10.8 Å². The normalized spacial score (nSPS) is 11.6. The number of aromatic nitrogens is 1. The molecule has 0 atom stereocenters. The number of nitrogens with zero attached hydrogens (tertiary/aromatic N) is 1. The highest BCUT2D eigenvalue weighted by molar-refractivity contribution is 8.76. The van der Waals surface area contributed by atoms with Gasteiger partial charge in [0, 0.05) is 6.20 Å². The molecular formula is C27H25NO3S2. The standard InChI is InChI=1S/C27H25NO3S2/c1-29-24-15-11-22(12-16-24)27(21-8-4-3-5-9-21,23-13-17-25(30-2)18-14-23)31-20-32-33-26-10-6-7-19-28-26/h3-19H,20H2,1-2H3/i7T. The Balaban J connectivity index is 1.72. The molecule has 0 saturated heterocycles. The zero-order valence-corrected chi connectivity index (χ0v) is 20.1. The minimum atomic E-state index is -0.841. The maximum atomic E-state index is 7.61. The summed E-state index contributed by atoms with van der Waals surface area (Å²) in [5.41, 5.74) is 2.16. The van der Waals surface area contributed by atoms with Gasteiger partial charge in [-0.2, -0.15) is 0 Å². The summed E-state index contributed by atoms with van der Waals surface area (Å²) in [7, 11) is 6.41. The van der Waals surface area contributed by atoms with Gasteiger partial charge < -0.3 is 14.2 Å². The van der Waals surface area contributed by atoms with Crippen LogP contribution in [0.25, 0.3) is 0 Å². The molecule has 0 N–H and O–H groups in total. The third-order valence-corrected chi connectivity index (χ3v) is 7.13. The molecule has 0 amide bonds. The molecule has 4 aromatic rings. The molecule has 0 spiro atoms. The monoisotopic (exact) mass is 477 g/mol. The lowest BCUT2D eigenvalue weighted by atomic mass is 9.80. The van der Waals surface area contributed by atoms with Crippen LogP contribution in [0.2, 0.25) is 0 Å². The van der Waals surface area contributed by atoms with Gasteiger partial charge >= 0.3 is 0 Å². The average Bonchev–Trinajstić information content (AvgIpc) is 2.91.